The van der Waals surface area contributed by atoms with Crippen LogP contribution in [-0.4, -0.2) is 41.4 Å². The second kappa shape index (κ2) is 9.34. The van der Waals surface area contributed by atoms with Crippen molar-refractivity contribution >= 4 is 17.8 Å². The highest BCUT2D eigenvalue weighted by Crippen LogP contribution is 2.20. The predicted octanol–water partition coefficient (Wildman–Crippen LogP) is 1.87. The quantitative estimate of drug-likeness (QED) is 0.849. The number of carbonyl (C=O) groups is 2. The molecule has 2 heterocycles. The zero-order valence-electron chi connectivity index (χ0n) is 15.5. The Bertz CT molecular complexity index is 597. The van der Waals surface area contributed by atoms with Crippen LogP contribution in [0, 0.1) is 6.92 Å². The predicted molar refractivity (Wildman–Crippen MR) is 97.3 cm³/mol. The van der Waals surface area contributed by atoms with Crippen molar-refractivity contribution in [1.29, 1.82) is 0 Å². The molecule has 138 valence electrons. The van der Waals surface area contributed by atoms with Gasteiger partial charge in [-0.2, -0.15) is 0 Å². The maximum absolute atomic E-state index is 11.9. The monoisotopic (exact) mass is 347 g/mol. The molecule has 25 heavy (non-hydrogen) atoms. The third-order valence-electron chi connectivity index (χ3n) is 4.49. The Morgan fingerprint density at radius 1 is 1.20 bits per heavy atom. The maximum Gasteiger partial charge on any atom is 0.239 e. The molecule has 1 atom stereocenters. The Morgan fingerprint density at radius 3 is 2.44 bits per heavy atom. The van der Waals surface area contributed by atoms with Gasteiger partial charge < -0.3 is 15.5 Å². The lowest BCUT2D eigenvalue weighted by Gasteiger charge is -2.25. The van der Waals surface area contributed by atoms with Gasteiger partial charge in [0.25, 0.3) is 0 Å². The Morgan fingerprint density at radius 2 is 1.84 bits per heavy atom. The van der Waals surface area contributed by atoms with Gasteiger partial charge in [-0.1, -0.05) is 19.3 Å². The average Bonchev–Trinajstić information content (AvgIpc) is 2.52. The van der Waals surface area contributed by atoms with E-state index in [1.165, 1.54) is 39.0 Å². The lowest BCUT2D eigenvalue weighted by molar-refractivity contribution is -0.125. The first kappa shape index (κ1) is 19.1. The van der Waals surface area contributed by atoms with Gasteiger partial charge in [-0.05, 0) is 26.7 Å². The first-order valence-electron chi connectivity index (χ1n) is 9.09. The largest absolute Gasteiger partial charge is 0.348 e. The number of rotatable bonds is 5. The van der Waals surface area contributed by atoms with E-state index in [0.717, 1.165) is 30.3 Å². The molecular weight excluding hydrogens is 318 g/mol. The molecule has 0 spiro atoms. The van der Waals surface area contributed by atoms with E-state index in [0.29, 0.717) is 0 Å². The number of hydrogen-bond donors (Lipinski definition) is 2. The van der Waals surface area contributed by atoms with E-state index in [-0.39, 0.29) is 24.4 Å². The van der Waals surface area contributed by atoms with Gasteiger partial charge in [0.15, 0.2) is 0 Å². The minimum absolute atomic E-state index is 0.0224. The summed E-state index contributed by atoms with van der Waals surface area (Å²) in [6, 6.07) is -0.206. The summed E-state index contributed by atoms with van der Waals surface area (Å²) < 4.78 is 0. The molecule has 2 rings (SSSR count). The van der Waals surface area contributed by atoms with Crippen LogP contribution in [0.25, 0.3) is 0 Å². The molecule has 0 aromatic carbocycles. The highest BCUT2D eigenvalue weighted by molar-refractivity contribution is 5.83. The lowest BCUT2D eigenvalue weighted by atomic mass is 10.1. The van der Waals surface area contributed by atoms with E-state index < -0.39 is 0 Å². The molecule has 1 aliphatic rings. The third-order valence-corrected chi connectivity index (χ3v) is 4.49. The number of amides is 2. The fourth-order valence-corrected chi connectivity index (χ4v) is 3.06. The zero-order valence-corrected chi connectivity index (χ0v) is 15.5. The summed E-state index contributed by atoms with van der Waals surface area (Å²) in [5, 5.41) is 5.35. The fraction of sp³-hybridized carbons (Fsp3) is 0.667. The van der Waals surface area contributed by atoms with Crippen molar-refractivity contribution in [3.63, 3.8) is 0 Å². The van der Waals surface area contributed by atoms with E-state index in [2.05, 4.69) is 25.5 Å². The standard InChI is InChI=1S/C18H29N5O2/c1-13(21-17(25)12-19-15(3)24)16-11-20-18(22-14(16)2)23-9-7-5-4-6-8-10-23/h11,13H,4-10,12H2,1-3H3,(H,19,24)(H,21,25)/t13-/m0/s1. The van der Waals surface area contributed by atoms with Crippen molar-refractivity contribution in [3.8, 4) is 0 Å². The second-order valence-electron chi connectivity index (χ2n) is 6.66. The highest BCUT2D eigenvalue weighted by atomic mass is 16.2. The molecule has 1 aromatic heterocycles. The number of hydrogen-bond acceptors (Lipinski definition) is 5. The smallest absolute Gasteiger partial charge is 0.239 e. The summed E-state index contributed by atoms with van der Waals surface area (Å²) in [5.74, 6) is 0.329. The van der Waals surface area contributed by atoms with Crippen molar-refractivity contribution in [1.82, 2.24) is 20.6 Å². The fourth-order valence-electron chi connectivity index (χ4n) is 3.06. The molecule has 0 saturated carbocycles. The van der Waals surface area contributed by atoms with Gasteiger partial charge in [-0.3, -0.25) is 9.59 Å². The van der Waals surface area contributed by atoms with Crippen molar-refractivity contribution in [2.45, 2.75) is 58.9 Å². The van der Waals surface area contributed by atoms with Crippen molar-refractivity contribution < 1.29 is 9.59 Å². The molecular formula is C18H29N5O2. The molecule has 1 aliphatic heterocycles. The number of aromatic nitrogens is 2. The Labute approximate surface area is 149 Å². The van der Waals surface area contributed by atoms with Crippen LogP contribution in [0.2, 0.25) is 0 Å². The van der Waals surface area contributed by atoms with E-state index >= 15 is 0 Å². The van der Waals surface area contributed by atoms with Gasteiger partial charge in [-0.25, -0.2) is 9.97 Å². The minimum Gasteiger partial charge on any atom is -0.348 e. The molecule has 2 N–H and O–H groups in total. The van der Waals surface area contributed by atoms with Gasteiger partial charge in [-0.15, -0.1) is 0 Å². The van der Waals surface area contributed by atoms with Crippen molar-refractivity contribution in [2.75, 3.05) is 24.5 Å². The number of nitrogens with zero attached hydrogens (tertiary/aromatic N) is 3. The molecule has 0 radical (unpaired) electrons. The van der Waals surface area contributed by atoms with E-state index in [1.807, 2.05) is 13.8 Å². The third kappa shape index (κ3) is 5.99. The number of nitrogens with one attached hydrogen (secondary N) is 2. The molecule has 1 fully saturated rings. The van der Waals surface area contributed by atoms with Crippen molar-refractivity contribution in [3.05, 3.63) is 17.5 Å². The highest BCUT2D eigenvalue weighted by Gasteiger charge is 2.17. The summed E-state index contributed by atoms with van der Waals surface area (Å²) in [4.78, 5) is 34.2. The zero-order chi connectivity index (χ0) is 18.2. The number of carbonyl (C=O) groups excluding carboxylic acids is 2. The molecule has 0 unspecified atom stereocenters. The van der Waals surface area contributed by atoms with Crippen LogP contribution in [0.5, 0.6) is 0 Å². The maximum atomic E-state index is 11.9. The van der Waals surface area contributed by atoms with E-state index in [4.69, 9.17) is 0 Å². The van der Waals surface area contributed by atoms with Gasteiger partial charge in [0.1, 0.15) is 0 Å². The minimum atomic E-state index is -0.227. The van der Waals surface area contributed by atoms with Gasteiger partial charge in [0.05, 0.1) is 12.6 Å². The molecule has 2 amide bonds. The normalized spacial score (nSPS) is 16.5. The molecule has 7 heteroatoms. The first-order valence-corrected chi connectivity index (χ1v) is 9.09. The number of aryl methyl sites for hydroxylation is 1. The Balaban J connectivity index is 2.00. The lowest BCUT2D eigenvalue weighted by Crippen LogP contribution is -2.37. The Hall–Kier alpha value is -2.18. The van der Waals surface area contributed by atoms with Crippen LogP contribution in [0.1, 0.15) is 63.3 Å². The van der Waals surface area contributed by atoms with Crippen LogP contribution in [0.4, 0.5) is 5.95 Å². The van der Waals surface area contributed by atoms with Gasteiger partial charge in [0.2, 0.25) is 17.8 Å². The molecule has 0 bridgehead atoms. The molecule has 1 saturated heterocycles. The van der Waals surface area contributed by atoms with Crippen LogP contribution in [0.3, 0.4) is 0 Å². The van der Waals surface area contributed by atoms with Crippen LogP contribution < -0.4 is 15.5 Å². The SMILES string of the molecule is CC(=O)NCC(=O)N[C@@H](C)c1cnc(N2CCCCCCC2)nc1C. The summed E-state index contributed by atoms with van der Waals surface area (Å²) in [6.45, 7) is 7.21. The summed E-state index contributed by atoms with van der Waals surface area (Å²) in [7, 11) is 0. The van der Waals surface area contributed by atoms with Gasteiger partial charge in [0, 0.05) is 37.5 Å². The Kier molecular flexibility index (Phi) is 7.16. The van der Waals surface area contributed by atoms with Crippen LogP contribution in [0.15, 0.2) is 6.20 Å². The van der Waals surface area contributed by atoms with Crippen molar-refractivity contribution in [2.24, 2.45) is 0 Å². The van der Waals surface area contributed by atoms with Crippen LogP contribution in [-0.2, 0) is 9.59 Å². The molecule has 7 nitrogen and oxygen atoms in total. The molecule has 1 aromatic rings. The summed E-state index contributed by atoms with van der Waals surface area (Å²) >= 11 is 0. The molecule has 0 aliphatic carbocycles. The summed E-state index contributed by atoms with van der Waals surface area (Å²) in [6.07, 6.45) is 8.03. The second-order valence-corrected chi connectivity index (χ2v) is 6.66. The topological polar surface area (TPSA) is 87.2 Å². The van der Waals surface area contributed by atoms with Gasteiger partial charge >= 0.3 is 0 Å². The first-order chi connectivity index (χ1) is 12.0. The number of anilines is 1. The average molecular weight is 347 g/mol. The summed E-state index contributed by atoms with van der Waals surface area (Å²) in [5.41, 5.74) is 1.77. The van der Waals surface area contributed by atoms with E-state index in [1.54, 1.807) is 6.20 Å². The van der Waals surface area contributed by atoms with Crippen LogP contribution >= 0.6 is 0 Å². The van der Waals surface area contributed by atoms with E-state index in [9.17, 15) is 9.59 Å².